The maximum Gasteiger partial charge on any atom is 0.220 e. The predicted octanol–water partition coefficient (Wildman–Crippen LogP) is 5.16. The lowest BCUT2D eigenvalue weighted by molar-refractivity contribution is -0.479. The van der Waals surface area contributed by atoms with E-state index in [1.54, 1.807) is 13.2 Å². The van der Waals surface area contributed by atoms with Crippen molar-refractivity contribution >= 4 is 27.7 Å². The maximum absolute atomic E-state index is 11.5. The molecule has 0 saturated heterocycles. The molecule has 1 aromatic heterocycles. The van der Waals surface area contributed by atoms with E-state index in [2.05, 4.69) is 26.1 Å². The number of aromatic nitrogens is 3. The van der Waals surface area contributed by atoms with Crippen LogP contribution in [0.4, 0.5) is 0 Å². The van der Waals surface area contributed by atoms with Crippen molar-refractivity contribution < 1.29 is 14.4 Å². The SMILES string of the molecule is CCOc1c(Br)cc([C@@H](C[N+](=O)[O-])Sc2nnc(C)n2-c2ccc(C)cc2)cc1OC. The van der Waals surface area contributed by atoms with Crippen molar-refractivity contribution in [1.82, 2.24) is 14.8 Å². The number of nitrogens with zero attached hydrogens (tertiary/aromatic N) is 4. The van der Waals surface area contributed by atoms with Crippen molar-refractivity contribution in [3.05, 3.63) is 67.9 Å². The third-order valence-corrected chi connectivity index (χ3v) is 6.33. The van der Waals surface area contributed by atoms with E-state index in [4.69, 9.17) is 9.47 Å². The minimum absolute atomic E-state index is 0.284. The number of aryl methyl sites for hydroxylation is 2. The quantitative estimate of drug-likeness (QED) is 0.224. The molecule has 164 valence electrons. The van der Waals surface area contributed by atoms with Gasteiger partial charge in [0.15, 0.2) is 16.7 Å². The minimum atomic E-state index is -0.510. The van der Waals surface area contributed by atoms with Crippen LogP contribution in [-0.4, -0.2) is 39.9 Å². The van der Waals surface area contributed by atoms with Gasteiger partial charge in [0.05, 0.1) is 18.2 Å². The van der Waals surface area contributed by atoms with E-state index in [0.29, 0.717) is 33.6 Å². The van der Waals surface area contributed by atoms with Gasteiger partial charge in [-0.3, -0.25) is 14.7 Å². The summed E-state index contributed by atoms with van der Waals surface area (Å²) in [6.45, 7) is 5.94. The van der Waals surface area contributed by atoms with Crippen molar-refractivity contribution in [3.63, 3.8) is 0 Å². The normalized spacial score (nSPS) is 11.9. The molecular weight excluding hydrogens is 484 g/mol. The van der Waals surface area contributed by atoms with Crippen LogP contribution in [0.5, 0.6) is 11.5 Å². The van der Waals surface area contributed by atoms with Crippen molar-refractivity contribution in [3.8, 4) is 17.2 Å². The molecule has 0 fully saturated rings. The Bertz CT molecular complexity index is 1070. The Balaban J connectivity index is 2.02. The van der Waals surface area contributed by atoms with E-state index >= 15 is 0 Å². The minimum Gasteiger partial charge on any atom is -0.493 e. The van der Waals surface area contributed by atoms with Crippen LogP contribution in [0.2, 0.25) is 0 Å². The summed E-state index contributed by atoms with van der Waals surface area (Å²) in [6, 6.07) is 11.6. The molecule has 0 bridgehead atoms. The number of benzene rings is 2. The third kappa shape index (κ3) is 5.37. The maximum atomic E-state index is 11.5. The molecule has 0 aliphatic carbocycles. The Morgan fingerprint density at radius 2 is 1.94 bits per heavy atom. The summed E-state index contributed by atoms with van der Waals surface area (Å²) < 4.78 is 13.7. The van der Waals surface area contributed by atoms with Crippen molar-refractivity contribution in [1.29, 1.82) is 0 Å². The zero-order valence-electron chi connectivity index (χ0n) is 17.7. The van der Waals surface area contributed by atoms with Crippen LogP contribution in [0.1, 0.15) is 29.1 Å². The highest BCUT2D eigenvalue weighted by Crippen LogP contribution is 2.43. The van der Waals surface area contributed by atoms with E-state index in [9.17, 15) is 10.1 Å². The number of rotatable bonds is 9. The van der Waals surface area contributed by atoms with Gasteiger partial charge in [-0.25, -0.2) is 0 Å². The van der Waals surface area contributed by atoms with Gasteiger partial charge in [-0.05, 0) is 66.5 Å². The molecule has 0 spiro atoms. The molecule has 3 aromatic rings. The fraction of sp³-hybridized carbons (Fsp3) is 0.333. The summed E-state index contributed by atoms with van der Waals surface area (Å²) in [5, 5.41) is 20.0. The van der Waals surface area contributed by atoms with Gasteiger partial charge in [0, 0.05) is 10.6 Å². The summed E-state index contributed by atoms with van der Waals surface area (Å²) in [5.41, 5.74) is 2.77. The largest absolute Gasteiger partial charge is 0.493 e. The fourth-order valence-electron chi connectivity index (χ4n) is 3.09. The van der Waals surface area contributed by atoms with Crippen LogP contribution < -0.4 is 9.47 Å². The molecule has 10 heteroatoms. The summed E-state index contributed by atoms with van der Waals surface area (Å²) in [4.78, 5) is 11.1. The number of nitro groups is 1. The highest BCUT2D eigenvalue weighted by Gasteiger charge is 2.26. The standard InChI is InChI=1S/C21H23BrN4O4S/c1-5-30-20-17(22)10-15(11-18(20)29-4)19(12-25(27)28)31-21-24-23-14(3)26(21)16-8-6-13(2)7-9-16/h6-11,19H,5,12H2,1-4H3/t19-/m1/s1. The molecule has 3 rings (SSSR count). The number of hydrogen-bond acceptors (Lipinski definition) is 7. The summed E-state index contributed by atoms with van der Waals surface area (Å²) in [5.74, 6) is 1.78. The molecule has 31 heavy (non-hydrogen) atoms. The highest BCUT2D eigenvalue weighted by atomic mass is 79.9. The Hall–Kier alpha value is -2.59. The molecule has 0 amide bonds. The first-order chi connectivity index (χ1) is 14.8. The zero-order chi connectivity index (χ0) is 22.5. The lowest BCUT2D eigenvalue weighted by atomic mass is 10.1. The molecule has 1 atom stereocenters. The number of methoxy groups -OCH3 is 1. The fourth-order valence-corrected chi connectivity index (χ4v) is 4.82. The van der Waals surface area contributed by atoms with Crippen molar-refractivity contribution in [2.24, 2.45) is 0 Å². The van der Waals surface area contributed by atoms with Gasteiger partial charge in [0.25, 0.3) is 0 Å². The lowest BCUT2D eigenvalue weighted by Gasteiger charge is -2.18. The first-order valence-corrected chi connectivity index (χ1v) is 11.3. The van der Waals surface area contributed by atoms with Crippen LogP contribution in [0.25, 0.3) is 5.69 Å². The van der Waals surface area contributed by atoms with Gasteiger partial charge < -0.3 is 9.47 Å². The van der Waals surface area contributed by atoms with Gasteiger partial charge in [-0.1, -0.05) is 29.5 Å². The van der Waals surface area contributed by atoms with Gasteiger partial charge >= 0.3 is 0 Å². The monoisotopic (exact) mass is 506 g/mol. The van der Waals surface area contributed by atoms with E-state index in [0.717, 1.165) is 16.8 Å². The number of thioether (sulfide) groups is 1. The number of ether oxygens (including phenoxy) is 2. The second-order valence-corrected chi connectivity index (χ2v) is 8.81. The molecule has 0 aliphatic heterocycles. The average molecular weight is 507 g/mol. The zero-order valence-corrected chi connectivity index (χ0v) is 20.1. The summed E-state index contributed by atoms with van der Waals surface area (Å²) in [7, 11) is 1.54. The van der Waals surface area contributed by atoms with Crippen molar-refractivity contribution in [2.75, 3.05) is 20.3 Å². The first kappa shape index (κ1) is 23.1. The van der Waals surface area contributed by atoms with Crippen molar-refractivity contribution in [2.45, 2.75) is 31.2 Å². The average Bonchev–Trinajstić information content (AvgIpc) is 3.09. The third-order valence-electron chi connectivity index (χ3n) is 4.56. The number of halogens is 1. The van der Waals surface area contributed by atoms with Crippen LogP contribution in [0.15, 0.2) is 46.0 Å². The molecule has 0 aliphatic rings. The van der Waals surface area contributed by atoms with Gasteiger partial charge in [0.1, 0.15) is 11.1 Å². The van der Waals surface area contributed by atoms with E-state index in [-0.39, 0.29) is 11.5 Å². The molecule has 0 unspecified atom stereocenters. The predicted molar refractivity (Wildman–Crippen MR) is 123 cm³/mol. The topological polar surface area (TPSA) is 92.3 Å². The molecule has 0 radical (unpaired) electrons. The van der Waals surface area contributed by atoms with Crippen LogP contribution in [0, 0.1) is 24.0 Å². The molecular formula is C21H23BrN4O4S. The van der Waals surface area contributed by atoms with Gasteiger partial charge in [0.2, 0.25) is 6.54 Å². The molecule has 8 nitrogen and oxygen atoms in total. The van der Waals surface area contributed by atoms with Gasteiger partial charge in [-0.2, -0.15) is 0 Å². The molecule has 2 aromatic carbocycles. The number of hydrogen-bond donors (Lipinski definition) is 0. The first-order valence-electron chi connectivity index (χ1n) is 9.61. The van der Waals surface area contributed by atoms with E-state index in [1.165, 1.54) is 11.8 Å². The van der Waals surface area contributed by atoms with E-state index < -0.39 is 5.25 Å². The second kappa shape index (κ2) is 10.1. The van der Waals surface area contributed by atoms with E-state index in [1.807, 2.05) is 55.7 Å². The Morgan fingerprint density at radius 1 is 1.23 bits per heavy atom. The molecule has 1 heterocycles. The van der Waals surface area contributed by atoms with Crippen LogP contribution >= 0.6 is 27.7 Å². The smallest absolute Gasteiger partial charge is 0.220 e. The van der Waals surface area contributed by atoms with Crippen LogP contribution in [-0.2, 0) is 0 Å². The Labute approximate surface area is 193 Å². The Kier molecular flexibility index (Phi) is 7.55. The summed E-state index contributed by atoms with van der Waals surface area (Å²) >= 11 is 4.80. The summed E-state index contributed by atoms with van der Waals surface area (Å²) in [6.07, 6.45) is 0. The van der Waals surface area contributed by atoms with Gasteiger partial charge in [-0.15, -0.1) is 10.2 Å². The lowest BCUT2D eigenvalue weighted by Crippen LogP contribution is -2.12. The Morgan fingerprint density at radius 3 is 2.55 bits per heavy atom. The second-order valence-electron chi connectivity index (χ2n) is 6.79. The highest BCUT2D eigenvalue weighted by molar-refractivity contribution is 9.10. The van der Waals surface area contributed by atoms with Crippen LogP contribution in [0.3, 0.4) is 0 Å². The molecule has 0 saturated carbocycles. The molecule has 0 N–H and O–H groups in total.